The molecule has 2 aromatic carbocycles. The molecule has 0 saturated carbocycles. The molecule has 0 atom stereocenters. The smallest absolute Gasteiger partial charge is 0.338 e. The fraction of sp³-hybridized carbons (Fsp3) is 0.345. The molecule has 7 nitrogen and oxygen atoms in total. The van der Waals surface area contributed by atoms with E-state index in [1.165, 1.54) is 19.9 Å². The van der Waals surface area contributed by atoms with Crippen LogP contribution in [0.25, 0.3) is 12.2 Å². The lowest BCUT2D eigenvalue weighted by Crippen LogP contribution is -2.31. The standard InChI is InChI=1S/C29H35ClN4O3/c1-19(2)17-34(18-20(3)4)25-11-9-24(10-12-25)33-29-31-15-21(16-32-29)7-8-22-13-23(28(35)37-6)14-26(36-5)27(22)30/h7-16,19-20H,17-18H2,1-6H3,(H,31,32,33)/b8-7+. The van der Waals surface area contributed by atoms with E-state index in [9.17, 15) is 4.79 Å². The first-order chi connectivity index (χ1) is 17.7. The van der Waals surface area contributed by atoms with Gasteiger partial charge in [-0.1, -0.05) is 51.4 Å². The van der Waals surface area contributed by atoms with Gasteiger partial charge in [0, 0.05) is 42.4 Å². The lowest BCUT2D eigenvalue weighted by atomic mass is 10.1. The second-order valence-electron chi connectivity index (χ2n) is 9.61. The molecular formula is C29H35ClN4O3. The van der Waals surface area contributed by atoms with Gasteiger partial charge >= 0.3 is 5.97 Å². The maximum Gasteiger partial charge on any atom is 0.338 e. The molecule has 196 valence electrons. The van der Waals surface area contributed by atoms with Gasteiger partial charge in [0.25, 0.3) is 0 Å². The van der Waals surface area contributed by atoms with E-state index < -0.39 is 5.97 Å². The molecule has 0 radical (unpaired) electrons. The summed E-state index contributed by atoms with van der Waals surface area (Å²) in [5, 5.41) is 3.65. The van der Waals surface area contributed by atoms with Gasteiger partial charge in [0.2, 0.25) is 5.95 Å². The van der Waals surface area contributed by atoms with E-state index in [2.05, 4.69) is 60.0 Å². The lowest BCUT2D eigenvalue weighted by Gasteiger charge is -2.28. The molecule has 37 heavy (non-hydrogen) atoms. The molecule has 8 heteroatoms. The molecule has 0 spiro atoms. The van der Waals surface area contributed by atoms with Crippen LogP contribution in [0.2, 0.25) is 5.02 Å². The molecule has 0 fully saturated rings. The minimum atomic E-state index is -0.469. The maximum atomic E-state index is 12.0. The number of halogens is 1. The van der Waals surface area contributed by atoms with Gasteiger partial charge in [0.1, 0.15) is 5.75 Å². The van der Waals surface area contributed by atoms with Crippen LogP contribution >= 0.6 is 11.6 Å². The zero-order valence-electron chi connectivity index (χ0n) is 22.3. The molecule has 0 aliphatic heterocycles. The highest BCUT2D eigenvalue weighted by atomic mass is 35.5. The summed E-state index contributed by atoms with van der Waals surface area (Å²) in [4.78, 5) is 23.2. The molecular weight excluding hydrogens is 488 g/mol. The molecule has 1 aromatic heterocycles. The summed E-state index contributed by atoms with van der Waals surface area (Å²) >= 11 is 6.42. The average molecular weight is 523 g/mol. The third kappa shape index (κ3) is 7.95. The fourth-order valence-electron chi connectivity index (χ4n) is 3.85. The number of hydrogen-bond acceptors (Lipinski definition) is 7. The first-order valence-corrected chi connectivity index (χ1v) is 12.7. The Hall–Kier alpha value is -3.58. The van der Waals surface area contributed by atoms with Crippen LogP contribution in [0.1, 0.15) is 49.2 Å². The number of methoxy groups -OCH3 is 2. The lowest BCUT2D eigenvalue weighted by molar-refractivity contribution is 0.0600. The predicted octanol–water partition coefficient (Wildman–Crippen LogP) is 6.96. The maximum absolute atomic E-state index is 12.0. The number of carbonyl (C=O) groups excluding carboxylic acids is 1. The Kier molecular flexibility index (Phi) is 9.92. The van der Waals surface area contributed by atoms with Gasteiger partial charge in [0.15, 0.2) is 0 Å². The fourth-order valence-corrected chi connectivity index (χ4v) is 4.10. The van der Waals surface area contributed by atoms with Gasteiger partial charge in [0.05, 0.1) is 24.8 Å². The number of nitrogens with zero attached hydrogens (tertiary/aromatic N) is 3. The molecule has 0 bridgehead atoms. The number of nitrogens with one attached hydrogen (secondary N) is 1. The van der Waals surface area contributed by atoms with Crippen molar-refractivity contribution in [3.63, 3.8) is 0 Å². The number of esters is 1. The van der Waals surface area contributed by atoms with Crippen LogP contribution in [0.4, 0.5) is 17.3 Å². The van der Waals surface area contributed by atoms with Crippen molar-refractivity contribution in [2.45, 2.75) is 27.7 Å². The summed E-state index contributed by atoms with van der Waals surface area (Å²) in [7, 11) is 2.82. The largest absolute Gasteiger partial charge is 0.495 e. The molecule has 0 saturated heterocycles. The average Bonchev–Trinajstić information content (AvgIpc) is 2.88. The minimum Gasteiger partial charge on any atom is -0.495 e. The minimum absolute atomic E-state index is 0.349. The number of aromatic nitrogens is 2. The topological polar surface area (TPSA) is 76.6 Å². The van der Waals surface area contributed by atoms with E-state index in [4.69, 9.17) is 21.1 Å². The highest BCUT2D eigenvalue weighted by Gasteiger charge is 2.14. The van der Waals surface area contributed by atoms with Crippen LogP contribution in [-0.2, 0) is 4.74 Å². The number of rotatable bonds is 11. The van der Waals surface area contributed by atoms with Crippen molar-refractivity contribution in [3.05, 3.63) is 70.5 Å². The Morgan fingerprint density at radius 2 is 1.62 bits per heavy atom. The molecule has 0 aliphatic rings. The van der Waals surface area contributed by atoms with Crippen molar-refractivity contribution in [1.82, 2.24) is 9.97 Å². The monoisotopic (exact) mass is 522 g/mol. The number of hydrogen-bond donors (Lipinski definition) is 1. The molecule has 1 N–H and O–H groups in total. The van der Waals surface area contributed by atoms with Crippen LogP contribution in [0.15, 0.2) is 48.8 Å². The van der Waals surface area contributed by atoms with Gasteiger partial charge in [-0.3, -0.25) is 0 Å². The third-order valence-corrected chi connectivity index (χ3v) is 5.90. The number of carbonyl (C=O) groups is 1. The van der Waals surface area contributed by atoms with Crippen molar-refractivity contribution in [2.75, 3.05) is 37.5 Å². The van der Waals surface area contributed by atoms with Crippen molar-refractivity contribution in [2.24, 2.45) is 11.8 Å². The van der Waals surface area contributed by atoms with Crippen LogP contribution < -0.4 is 15.0 Å². The number of ether oxygens (including phenoxy) is 2. The van der Waals surface area contributed by atoms with E-state index in [1.54, 1.807) is 30.6 Å². The van der Waals surface area contributed by atoms with Gasteiger partial charge in [-0.25, -0.2) is 14.8 Å². The SMILES string of the molecule is COC(=O)c1cc(/C=C/c2cnc(Nc3ccc(N(CC(C)C)CC(C)C)cc3)nc2)c(Cl)c(OC)c1. The Balaban J connectivity index is 1.70. The Bertz CT molecular complexity index is 1200. The summed E-state index contributed by atoms with van der Waals surface area (Å²) in [5.74, 6) is 1.60. The van der Waals surface area contributed by atoms with E-state index >= 15 is 0 Å². The first kappa shape index (κ1) is 28.0. The summed E-state index contributed by atoms with van der Waals surface area (Å²) in [5.41, 5.74) is 3.87. The normalized spacial score (nSPS) is 11.3. The van der Waals surface area contributed by atoms with E-state index in [-0.39, 0.29) is 0 Å². The molecule has 0 amide bonds. The highest BCUT2D eigenvalue weighted by molar-refractivity contribution is 6.33. The number of benzene rings is 2. The molecule has 1 heterocycles. The first-order valence-electron chi connectivity index (χ1n) is 12.3. The summed E-state index contributed by atoms with van der Waals surface area (Å²) in [6.07, 6.45) is 7.02. The predicted molar refractivity (Wildman–Crippen MR) is 152 cm³/mol. The van der Waals surface area contributed by atoms with Gasteiger partial charge in [-0.05, 0) is 53.8 Å². The quantitative estimate of drug-likeness (QED) is 0.273. The van der Waals surface area contributed by atoms with Gasteiger partial charge in [-0.2, -0.15) is 0 Å². The molecule has 3 rings (SSSR count). The molecule has 3 aromatic rings. The van der Waals surface area contributed by atoms with Crippen molar-refractivity contribution < 1.29 is 14.3 Å². The Labute approximate surface area is 224 Å². The van der Waals surface area contributed by atoms with E-state index in [0.717, 1.165) is 24.3 Å². The zero-order valence-corrected chi connectivity index (χ0v) is 23.0. The second-order valence-corrected chi connectivity index (χ2v) is 9.99. The molecule has 0 aliphatic carbocycles. The molecule has 0 unspecified atom stereocenters. The number of anilines is 3. The highest BCUT2D eigenvalue weighted by Crippen LogP contribution is 2.31. The summed E-state index contributed by atoms with van der Waals surface area (Å²) < 4.78 is 10.1. The van der Waals surface area contributed by atoms with Gasteiger partial charge < -0.3 is 19.7 Å². The van der Waals surface area contributed by atoms with Crippen molar-refractivity contribution in [1.29, 1.82) is 0 Å². The van der Waals surface area contributed by atoms with Crippen LogP contribution in [0, 0.1) is 11.8 Å². The van der Waals surface area contributed by atoms with E-state index in [1.807, 2.05) is 18.2 Å². The van der Waals surface area contributed by atoms with Crippen molar-refractivity contribution in [3.8, 4) is 5.75 Å². The summed E-state index contributed by atoms with van der Waals surface area (Å²) in [6.45, 7) is 11.0. The third-order valence-electron chi connectivity index (χ3n) is 5.50. The van der Waals surface area contributed by atoms with E-state index in [0.29, 0.717) is 39.7 Å². The zero-order chi connectivity index (χ0) is 26.9. The van der Waals surface area contributed by atoms with Crippen LogP contribution in [-0.4, -0.2) is 43.2 Å². The van der Waals surface area contributed by atoms with Gasteiger partial charge in [-0.15, -0.1) is 0 Å². The Morgan fingerprint density at radius 1 is 1.00 bits per heavy atom. The van der Waals surface area contributed by atoms with Crippen LogP contribution in [0.3, 0.4) is 0 Å². The second kappa shape index (κ2) is 13.1. The Morgan fingerprint density at radius 3 is 2.16 bits per heavy atom. The van der Waals surface area contributed by atoms with Crippen LogP contribution in [0.5, 0.6) is 5.75 Å². The summed E-state index contributed by atoms with van der Waals surface area (Å²) in [6, 6.07) is 11.5. The van der Waals surface area contributed by atoms with Crippen molar-refractivity contribution >= 4 is 47.0 Å².